The summed E-state index contributed by atoms with van der Waals surface area (Å²) in [6.07, 6.45) is 5.48. The van der Waals surface area contributed by atoms with E-state index in [9.17, 15) is 0 Å². The molecule has 9 rings (SSSR count). The standard InChI is InChI=1S/C51H45N5O.Pt/c1-33-14-13-15-34(2)49(33)42-16-9-10-17-43(42)55-32-54(44-18-11-12-19-45(44)55)37-26-36(51(6,7)8)27-39(29-37)57-38-20-21-40-41-23-24-52-31-47(41)56(46(40)30-38)48-28-35(22-25-53-48)50(3,4)5;/h9-28,31H,1-8H3;/q;+2/i1D3,2D3;. The summed E-state index contributed by atoms with van der Waals surface area (Å²) in [5.41, 5.74) is 6.76. The SMILES string of the molecule is [2H]C([2H])([2H])c1cccc(C([2H])([2H])[2H])c1-c1ccccc1[N+]1=C=[N+](c2[c-]c(Oc3[c-]c4c(cc3)c3ccncc3n4-c3cc(C(C)(C)C)ccn3)cc(C(C)(C)C)c2)c2ccccc21.[Pt+2]. The van der Waals surface area contributed by atoms with Gasteiger partial charge in [-0.2, -0.15) is 6.07 Å². The summed E-state index contributed by atoms with van der Waals surface area (Å²) >= 11 is 0. The van der Waals surface area contributed by atoms with Gasteiger partial charge in [0.1, 0.15) is 11.5 Å². The molecule has 5 aromatic carbocycles. The molecule has 0 saturated heterocycles. The van der Waals surface area contributed by atoms with Gasteiger partial charge in [-0.1, -0.05) is 106 Å². The van der Waals surface area contributed by atoms with Crippen molar-refractivity contribution < 1.29 is 34.0 Å². The van der Waals surface area contributed by atoms with Crippen LogP contribution in [0.25, 0.3) is 38.8 Å². The first kappa shape index (κ1) is 32.1. The zero-order valence-corrected chi connectivity index (χ0v) is 35.4. The van der Waals surface area contributed by atoms with Gasteiger partial charge in [0.2, 0.25) is 5.69 Å². The van der Waals surface area contributed by atoms with Crippen LogP contribution in [0.2, 0.25) is 0 Å². The Morgan fingerprint density at radius 1 is 0.672 bits per heavy atom. The van der Waals surface area contributed by atoms with Crippen LogP contribution in [-0.2, 0) is 31.9 Å². The maximum atomic E-state index is 8.41. The number of pyridine rings is 2. The molecule has 0 spiro atoms. The molecule has 6 nitrogen and oxygen atoms in total. The van der Waals surface area contributed by atoms with E-state index in [0.29, 0.717) is 28.4 Å². The first-order valence-corrected chi connectivity index (χ1v) is 19.0. The van der Waals surface area contributed by atoms with Crippen LogP contribution in [0.15, 0.2) is 128 Å². The van der Waals surface area contributed by atoms with Crippen LogP contribution in [0.1, 0.15) is 72.0 Å². The average Bonchev–Trinajstić information content (AvgIpc) is 3.78. The summed E-state index contributed by atoms with van der Waals surface area (Å²) in [4.78, 5) is 9.27. The van der Waals surface area contributed by atoms with Crippen LogP contribution in [0.4, 0.5) is 22.7 Å². The molecule has 1 aliphatic rings. The van der Waals surface area contributed by atoms with Crippen LogP contribution >= 0.6 is 0 Å². The molecule has 58 heavy (non-hydrogen) atoms. The molecular weight excluding hydrogens is 894 g/mol. The molecule has 0 saturated carbocycles. The Bertz CT molecular complexity index is 3170. The Kier molecular flexibility index (Phi) is 8.17. The number of ether oxygens (including phenoxy) is 1. The van der Waals surface area contributed by atoms with Gasteiger partial charge in [-0.3, -0.25) is 4.98 Å². The van der Waals surface area contributed by atoms with Crippen LogP contribution in [0.3, 0.4) is 0 Å². The summed E-state index contributed by atoms with van der Waals surface area (Å²) < 4.78 is 63.0. The smallest absolute Gasteiger partial charge is 0.509 e. The molecule has 0 aliphatic carbocycles. The van der Waals surface area contributed by atoms with E-state index in [4.69, 9.17) is 17.9 Å². The van der Waals surface area contributed by atoms with Crippen LogP contribution < -0.4 is 13.9 Å². The largest absolute Gasteiger partial charge is 2.00 e. The molecule has 0 fully saturated rings. The van der Waals surface area contributed by atoms with Gasteiger partial charge in [0.15, 0.2) is 0 Å². The minimum Gasteiger partial charge on any atom is -0.509 e. The van der Waals surface area contributed by atoms with Gasteiger partial charge in [-0.15, -0.1) is 29.1 Å². The maximum absolute atomic E-state index is 8.41. The summed E-state index contributed by atoms with van der Waals surface area (Å²) in [6.45, 7) is 7.81. The zero-order valence-electron chi connectivity index (χ0n) is 39.1. The van der Waals surface area contributed by atoms with Crippen LogP contribution in [0, 0.1) is 25.8 Å². The van der Waals surface area contributed by atoms with E-state index in [2.05, 4.69) is 81.4 Å². The molecule has 1 aliphatic heterocycles. The van der Waals surface area contributed by atoms with Gasteiger partial charge < -0.3 is 9.30 Å². The van der Waals surface area contributed by atoms with E-state index in [0.717, 1.165) is 50.1 Å². The topological polar surface area (TPSA) is 46.0 Å². The van der Waals surface area contributed by atoms with Gasteiger partial charge in [0, 0.05) is 50.3 Å². The Labute approximate surface area is 363 Å². The average molecular weight is 945 g/mol. The predicted octanol–water partition coefficient (Wildman–Crippen LogP) is 12.7. The molecule has 0 bridgehead atoms. The number of hydrogen-bond donors (Lipinski definition) is 0. The van der Waals surface area contributed by atoms with Crippen molar-refractivity contribution in [2.75, 3.05) is 0 Å². The van der Waals surface area contributed by atoms with Gasteiger partial charge in [0.05, 0.1) is 17.3 Å². The normalized spacial score (nSPS) is 14.6. The fraction of sp³-hybridized carbons (Fsp3) is 0.196. The van der Waals surface area contributed by atoms with E-state index in [1.807, 2.05) is 88.3 Å². The number of aryl methyl sites for hydroxylation is 2. The van der Waals surface area contributed by atoms with E-state index in [1.165, 1.54) is 18.2 Å². The van der Waals surface area contributed by atoms with Crippen molar-refractivity contribution in [2.45, 2.75) is 66.1 Å². The number of rotatable bonds is 6. The van der Waals surface area contributed by atoms with Crippen LogP contribution in [0.5, 0.6) is 11.5 Å². The summed E-state index contributed by atoms with van der Waals surface area (Å²) in [6, 6.07) is 44.3. The van der Waals surface area contributed by atoms with Gasteiger partial charge >= 0.3 is 27.1 Å². The zero-order chi connectivity index (χ0) is 44.6. The molecule has 0 radical (unpaired) electrons. The molecule has 0 amide bonds. The second-order valence-corrected chi connectivity index (χ2v) is 16.4. The molecule has 8 aromatic rings. The van der Waals surface area contributed by atoms with E-state index in [1.54, 1.807) is 18.3 Å². The number of hydrogen-bond acceptors (Lipinski definition) is 3. The fourth-order valence-corrected chi connectivity index (χ4v) is 7.47. The molecule has 0 unspecified atom stereocenters. The minimum absolute atomic E-state index is 0. The van der Waals surface area contributed by atoms with Gasteiger partial charge in [-0.25, -0.2) is 4.98 Å². The van der Waals surface area contributed by atoms with Crippen molar-refractivity contribution in [3.05, 3.63) is 162 Å². The molecule has 3 aromatic heterocycles. The number of para-hydroxylation sites is 3. The van der Waals surface area contributed by atoms with Crippen molar-refractivity contribution in [3.8, 4) is 28.4 Å². The first-order valence-electron chi connectivity index (χ1n) is 22.0. The molecule has 288 valence electrons. The summed E-state index contributed by atoms with van der Waals surface area (Å²) in [7, 11) is 0. The van der Waals surface area contributed by atoms with Crippen molar-refractivity contribution in [1.82, 2.24) is 23.7 Å². The van der Waals surface area contributed by atoms with E-state index in [-0.39, 0.29) is 48.6 Å². The Morgan fingerprint density at radius 3 is 2.10 bits per heavy atom. The minimum atomic E-state index is -2.57. The number of fused-ring (bicyclic) bond motifs is 4. The van der Waals surface area contributed by atoms with E-state index < -0.39 is 13.7 Å². The van der Waals surface area contributed by atoms with Crippen molar-refractivity contribution in [2.24, 2.45) is 0 Å². The Morgan fingerprint density at radius 2 is 1.38 bits per heavy atom. The molecular formula is C51H45N5OPt+2. The molecule has 7 heteroatoms. The third kappa shape index (κ3) is 6.91. The van der Waals surface area contributed by atoms with Crippen molar-refractivity contribution in [1.29, 1.82) is 0 Å². The molecule has 0 atom stereocenters. The number of aromatic nitrogens is 3. The van der Waals surface area contributed by atoms with Crippen LogP contribution in [-0.4, -0.2) is 20.5 Å². The first-order chi connectivity index (χ1) is 29.8. The third-order valence-electron chi connectivity index (χ3n) is 10.5. The molecule has 0 N–H and O–H groups in total. The van der Waals surface area contributed by atoms with E-state index >= 15 is 0 Å². The van der Waals surface area contributed by atoms with Crippen molar-refractivity contribution >= 4 is 50.6 Å². The summed E-state index contributed by atoms with van der Waals surface area (Å²) in [5.74, 6) is 1.72. The van der Waals surface area contributed by atoms with Gasteiger partial charge in [0.25, 0.3) is 11.4 Å². The Hall–Kier alpha value is -5.93. The molecule has 4 heterocycles. The monoisotopic (exact) mass is 944 g/mol. The maximum Gasteiger partial charge on any atom is 2.00 e. The number of nitrogens with zero attached hydrogens (tertiary/aromatic N) is 5. The number of benzene rings is 5. The quantitative estimate of drug-likeness (QED) is 0.123. The second kappa shape index (κ2) is 14.8. The fourth-order valence-electron chi connectivity index (χ4n) is 7.47. The van der Waals surface area contributed by atoms with Crippen molar-refractivity contribution in [3.63, 3.8) is 0 Å². The third-order valence-corrected chi connectivity index (χ3v) is 10.5. The summed E-state index contributed by atoms with van der Waals surface area (Å²) in [5, 5.41) is 2.01. The second-order valence-electron chi connectivity index (χ2n) is 16.4. The Balaban J connectivity index is 0.00000560. The van der Waals surface area contributed by atoms with Gasteiger partial charge in [-0.05, 0) is 81.0 Å². The predicted molar refractivity (Wildman–Crippen MR) is 234 cm³/mol.